The second-order valence-electron chi connectivity index (χ2n) is 10.6. The van der Waals surface area contributed by atoms with E-state index in [-0.39, 0.29) is 48.5 Å². The molecule has 3 N–H and O–H groups in total. The number of hydrogen-bond donors (Lipinski definition) is 2. The fraction of sp³-hybridized carbons (Fsp3) is 0.750. The molecule has 192 valence electrons. The number of rotatable bonds is 9. The lowest BCUT2D eigenvalue weighted by molar-refractivity contribution is -0.153. The summed E-state index contributed by atoms with van der Waals surface area (Å²) in [5.41, 5.74) is 4.80. The van der Waals surface area contributed by atoms with E-state index >= 15 is 0 Å². The smallest absolute Gasteiger partial charge is 0.330 e. The summed E-state index contributed by atoms with van der Waals surface area (Å²) in [7, 11) is 1.46. The molecule has 2 rings (SSSR count). The third-order valence-corrected chi connectivity index (χ3v) is 6.47. The van der Waals surface area contributed by atoms with Crippen molar-refractivity contribution in [2.45, 2.75) is 66.8 Å². The van der Waals surface area contributed by atoms with Crippen LogP contribution < -0.4 is 21.9 Å². The Kier molecular flexibility index (Phi) is 9.49. The first kappa shape index (κ1) is 27.6. The molecule has 34 heavy (non-hydrogen) atoms. The van der Waals surface area contributed by atoms with Crippen molar-refractivity contribution in [1.29, 1.82) is 0 Å². The Bertz CT molecular complexity index is 967. The number of nitrogen functional groups attached to an aromatic ring is 1. The molecule has 0 radical (unpaired) electrons. The summed E-state index contributed by atoms with van der Waals surface area (Å²) < 4.78 is 11.7. The van der Waals surface area contributed by atoms with Gasteiger partial charge in [-0.2, -0.15) is 0 Å². The lowest BCUT2D eigenvalue weighted by Gasteiger charge is -2.36. The number of carbonyl (C=O) groups is 2. The second-order valence-corrected chi connectivity index (χ2v) is 10.6. The number of amides is 1. The Morgan fingerprint density at radius 3 is 2.32 bits per heavy atom. The number of aromatic nitrogens is 2. The zero-order valence-corrected chi connectivity index (χ0v) is 21.3. The van der Waals surface area contributed by atoms with Gasteiger partial charge in [-0.15, -0.1) is 0 Å². The standard InChI is InChI=1S/C24H40N4O6/c1-15(2)13-28-20(25)19(21(30)26-23(28)32)27(11-12-33-6)18(29)14-34-22(31)16-7-9-17(10-8-16)24(3,4)5/h15-17H,7-14,25H2,1-6H3,(H,26,30,32). The van der Waals surface area contributed by atoms with Crippen molar-refractivity contribution < 1.29 is 19.1 Å². The Morgan fingerprint density at radius 1 is 1.18 bits per heavy atom. The van der Waals surface area contributed by atoms with Crippen LogP contribution in [-0.4, -0.2) is 48.3 Å². The molecule has 0 spiro atoms. The first-order valence-corrected chi connectivity index (χ1v) is 11.9. The van der Waals surface area contributed by atoms with Crippen LogP contribution in [0.4, 0.5) is 11.5 Å². The van der Waals surface area contributed by atoms with Gasteiger partial charge >= 0.3 is 11.7 Å². The zero-order valence-electron chi connectivity index (χ0n) is 21.3. The van der Waals surface area contributed by atoms with Crippen molar-refractivity contribution in [2.24, 2.45) is 23.2 Å². The number of hydrogen-bond acceptors (Lipinski definition) is 7. The molecule has 10 nitrogen and oxygen atoms in total. The molecule has 0 bridgehead atoms. The van der Waals surface area contributed by atoms with Crippen LogP contribution in [0.15, 0.2) is 9.59 Å². The topological polar surface area (TPSA) is 137 Å². The van der Waals surface area contributed by atoms with E-state index in [2.05, 4.69) is 25.8 Å². The summed E-state index contributed by atoms with van der Waals surface area (Å²) >= 11 is 0. The minimum atomic E-state index is -0.779. The van der Waals surface area contributed by atoms with Gasteiger partial charge in [0.1, 0.15) is 5.82 Å². The quantitative estimate of drug-likeness (QED) is 0.517. The summed E-state index contributed by atoms with van der Waals surface area (Å²) in [5.74, 6) is -0.728. The lowest BCUT2D eigenvalue weighted by atomic mass is 9.70. The van der Waals surface area contributed by atoms with Gasteiger partial charge in [0.15, 0.2) is 12.3 Å². The molecule has 0 atom stereocenters. The molecule has 1 fully saturated rings. The average Bonchev–Trinajstić information content (AvgIpc) is 2.76. The summed E-state index contributed by atoms with van der Waals surface area (Å²) in [6, 6.07) is 0. The van der Waals surface area contributed by atoms with Gasteiger partial charge in [-0.05, 0) is 42.9 Å². The van der Waals surface area contributed by atoms with Crippen LogP contribution in [0.2, 0.25) is 0 Å². The molecule has 1 aliphatic rings. The van der Waals surface area contributed by atoms with Crippen LogP contribution in [0.1, 0.15) is 60.3 Å². The number of aromatic amines is 1. The van der Waals surface area contributed by atoms with Crippen molar-refractivity contribution in [3.05, 3.63) is 20.8 Å². The normalized spacial score (nSPS) is 18.7. The van der Waals surface area contributed by atoms with Crippen LogP contribution in [0, 0.1) is 23.2 Å². The molecule has 0 saturated heterocycles. The minimum absolute atomic E-state index is 0.0107. The van der Waals surface area contributed by atoms with Gasteiger partial charge < -0.3 is 15.2 Å². The molecule has 0 aromatic carbocycles. The molecule has 1 aromatic rings. The van der Waals surface area contributed by atoms with E-state index < -0.39 is 29.7 Å². The molecule has 0 unspecified atom stereocenters. The van der Waals surface area contributed by atoms with Crippen molar-refractivity contribution in [3.63, 3.8) is 0 Å². The number of methoxy groups -OCH3 is 1. The largest absolute Gasteiger partial charge is 0.455 e. The number of esters is 1. The predicted molar refractivity (Wildman–Crippen MR) is 131 cm³/mol. The van der Waals surface area contributed by atoms with E-state index in [4.69, 9.17) is 15.2 Å². The van der Waals surface area contributed by atoms with Crippen molar-refractivity contribution in [3.8, 4) is 0 Å². The molecule has 0 aliphatic heterocycles. The van der Waals surface area contributed by atoms with Crippen LogP contribution in [0.5, 0.6) is 0 Å². The van der Waals surface area contributed by atoms with Gasteiger partial charge in [0.2, 0.25) is 0 Å². The van der Waals surface area contributed by atoms with Crippen molar-refractivity contribution in [2.75, 3.05) is 37.5 Å². The average molecular weight is 481 g/mol. The van der Waals surface area contributed by atoms with Crippen LogP contribution in [0.3, 0.4) is 0 Å². The van der Waals surface area contributed by atoms with E-state index in [9.17, 15) is 19.2 Å². The first-order chi connectivity index (χ1) is 15.9. The lowest BCUT2D eigenvalue weighted by Crippen LogP contribution is -2.44. The number of anilines is 2. The molecule has 1 amide bonds. The summed E-state index contributed by atoms with van der Waals surface area (Å²) in [5, 5.41) is 0. The fourth-order valence-electron chi connectivity index (χ4n) is 4.45. The number of nitrogens with one attached hydrogen (secondary N) is 1. The molecule has 1 aliphatic carbocycles. The van der Waals surface area contributed by atoms with Crippen LogP contribution in [0.25, 0.3) is 0 Å². The van der Waals surface area contributed by atoms with Gasteiger partial charge in [-0.25, -0.2) is 4.79 Å². The van der Waals surface area contributed by atoms with Gasteiger partial charge in [-0.3, -0.25) is 28.8 Å². The zero-order chi connectivity index (χ0) is 25.6. The maximum atomic E-state index is 13.0. The number of H-pyrrole nitrogens is 1. The van der Waals surface area contributed by atoms with Gasteiger partial charge in [-0.1, -0.05) is 34.6 Å². The highest BCUT2D eigenvalue weighted by atomic mass is 16.5. The third kappa shape index (κ3) is 6.94. The number of nitrogens with two attached hydrogens (primary N) is 1. The van der Waals surface area contributed by atoms with E-state index in [0.29, 0.717) is 5.92 Å². The Morgan fingerprint density at radius 2 is 1.79 bits per heavy atom. The molecule has 1 saturated carbocycles. The maximum Gasteiger partial charge on any atom is 0.330 e. The van der Waals surface area contributed by atoms with E-state index in [0.717, 1.165) is 30.6 Å². The van der Waals surface area contributed by atoms with E-state index in [1.807, 2.05) is 13.8 Å². The molecule has 1 aromatic heterocycles. The van der Waals surface area contributed by atoms with Gasteiger partial charge in [0.05, 0.1) is 12.5 Å². The Labute approximate surface area is 200 Å². The minimum Gasteiger partial charge on any atom is -0.455 e. The SMILES string of the molecule is COCCN(C(=O)COC(=O)C1CCC(C(C)(C)C)CC1)c1c(N)n(CC(C)C)c(=O)[nH]c1=O. The summed E-state index contributed by atoms with van der Waals surface area (Å²) in [4.78, 5) is 53.9. The fourth-order valence-corrected chi connectivity index (χ4v) is 4.45. The van der Waals surface area contributed by atoms with Gasteiger partial charge in [0.25, 0.3) is 11.5 Å². The molecular formula is C24H40N4O6. The molecular weight excluding hydrogens is 440 g/mol. The van der Waals surface area contributed by atoms with E-state index in [1.165, 1.54) is 11.7 Å². The number of ether oxygens (including phenoxy) is 2. The third-order valence-electron chi connectivity index (χ3n) is 6.47. The predicted octanol–water partition coefficient (Wildman–Crippen LogP) is 2.15. The Hall–Kier alpha value is -2.62. The molecule has 10 heteroatoms. The van der Waals surface area contributed by atoms with Crippen molar-refractivity contribution >= 4 is 23.4 Å². The van der Waals surface area contributed by atoms with Crippen LogP contribution >= 0.6 is 0 Å². The second kappa shape index (κ2) is 11.7. The highest BCUT2D eigenvalue weighted by Gasteiger charge is 2.33. The monoisotopic (exact) mass is 480 g/mol. The number of carbonyl (C=O) groups excluding carboxylic acids is 2. The maximum absolute atomic E-state index is 13.0. The molecule has 1 heterocycles. The summed E-state index contributed by atoms with van der Waals surface area (Å²) in [6.45, 7) is 10.3. The summed E-state index contributed by atoms with van der Waals surface area (Å²) in [6.07, 6.45) is 3.35. The van der Waals surface area contributed by atoms with Gasteiger partial charge in [0, 0.05) is 20.2 Å². The van der Waals surface area contributed by atoms with Crippen molar-refractivity contribution in [1.82, 2.24) is 9.55 Å². The highest BCUT2D eigenvalue weighted by Crippen LogP contribution is 2.40. The van der Waals surface area contributed by atoms with Crippen LogP contribution in [-0.2, 0) is 25.6 Å². The highest BCUT2D eigenvalue weighted by molar-refractivity contribution is 5.97. The number of nitrogens with zero attached hydrogens (tertiary/aromatic N) is 2. The first-order valence-electron chi connectivity index (χ1n) is 11.9. The Balaban J connectivity index is 2.16. The van der Waals surface area contributed by atoms with E-state index in [1.54, 1.807) is 0 Å².